The summed E-state index contributed by atoms with van der Waals surface area (Å²) in [5.74, 6) is -1.74. The first-order chi connectivity index (χ1) is 17.9. The third-order valence-electron chi connectivity index (χ3n) is 6.81. The van der Waals surface area contributed by atoms with Crippen LogP contribution in [0.2, 0.25) is 0 Å². The lowest BCUT2D eigenvalue weighted by molar-refractivity contribution is -0.138. The van der Waals surface area contributed by atoms with Gasteiger partial charge in [0, 0.05) is 43.0 Å². The maximum atomic E-state index is 15.5. The van der Waals surface area contributed by atoms with Crippen molar-refractivity contribution in [1.82, 2.24) is 9.88 Å². The summed E-state index contributed by atoms with van der Waals surface area (Å²) < 4.78 is 56.3. The number of anilines is 2. The van der Waals surface area contributed by atoms with E-state index in [9.17, 15) is 28.0 Å². The van der Waals surface area contributed by atoms with Crippen LogP contribution in [0.1, 0.15) is 35.3 Å². The zero-order chi connectivity index (χ0) is 27.8. The molecule has 198 valence electrons. The molecular weight excluding hydrogens is 502 g/mol. The lowest BCUT2D eigenvalue weighted by atomic mass is 10.00. The van der Waals surface area contributed by atoms with E-state index in [1.807, 2.05) is 31.9 Å². The normalized spacial score (nSPS) is 18.2. The molecule has 7 nitrogen and oxygen atoms in total. The Bertz CT molecular complexity index is 1470. The molecule has 2 atom stereocenters. The Labute approximate surface area is 216 Å². The van der Waals surface area contributed by atoms with Gasteiger partial charge in [0.2, 0.25) is 5.56 Å². The fourth-order valence-corrected chi connectivity index (χ4v) is 4.59. The van der Waals surface area contributed by atoms with Crippen LogP contribution in [0.3, 0.4) is 0 Å². The lowest BCUT2D eigenvalue weighted by Crippen LogP contribution is -2.55. The van der Waals surface area contributed by atoms with Gasteiger partial charge in [-0.05, 0) is 50.7 Å². The molecule has 2 N–H and O–H groups in total. The minimum atomic E-state index is -4.95. The van der Waals surface area contributed by atoms with E-state index in [0.29, 0.717) is 42.2 Å². The van der Waals surface area contributed by atoms with Crippen molar-refractivity contribution in [3.8, 4) is 17.2 Å². The van der Waals surface area contributed by atoms with Crippen LogP contribution < -0.4 is 15.8 Å². The van der Waals surface area contributed by atoms with Crippen molar-refractivity contribution < 1.29 is 22.4 Å². The molecule has 3 aromatic rings. The number of benzene rings is 2. The second-order valence-corrected chi connectivity index (χ2v) is 9.39. The summed E-state index contributed by atoms with van der Waals surface area (Å²) in [5, 5.41) is 11.8. The second-order valence-electron chi connectivity index (χ2n) is 9.39. The molecule has 0 bridgehead atoms. The number of carbonyl (C=O) groups is 1. The molecule has 1 aromatic heterocycles. The van der Waals surface area contributed by atoms with E-state index in [1.165, 1.54) is 18.2 Å². The summed E-state index contributed by atoms with van der Waals surface area (Å²) in [6.45, 7) is 4.96. The number of aromatic amines is 1. The molecule has 0 spiro atoms. The molecule has 38 heavy (non-hydrogen) atoms. The molecule has 1 aliphatic heterocycles. The monoisotopic (exact) mass is 527 g/mol. The number of halogens is 4. The largest absolute Gasteiger partial charge is 0.417 e. The standard InChI is InChI=1S/C27H25F4N5O2/c1-15-13-36(14-16(2)35(15)3)24-10-22(28)19(18-6-4-5-17(7-18)11-32)8-23(24)34-26(38)20-12-33-25(37)9-21(20)27(29,30)31/h4-10,12,15-16H,13-14H2,1-3H3,(H,33,37)(H,34,38). The van der Waals surface area contributed by atoms with Gasteiger partial charge in [-0.2, -0.15) is 18.4 Å². The van der Waals surface area contributed by atoms with Crippen molar-refractivity contribution in [1.29, 1.82) is 5.26 Å². The lowest BCUT2D eigenvalue weighted by Gasteiger charge is -2.44. The average molecular weight is 528 g/mol. The minimum Gasteiger partial charge on any atom is -0.367 e. The van der Waals surface area contributed by atoms with Crippen LogP contribution in [0.5, 0.6) is 0 Å². The predicted molar refractivity (Wildman–Crippen MR) is 135 cm³/mol. The van der Waals surface area contributed by atoms with Crippen LogP contribution in [0.15, 0.2) is 53.5 Å². The number of carbonyl (C=O) groups excluding carboxylic acids is 1. The fraction of sp³-hybridized carbons (Fsp3) is 0.296. The molecular formula is C27H25F4N5O2. The molecule has 2 unspecified atom stereocenters. The molecule has 1 aliphatic rings. The summed E-state index contributed by atoms with van der Waals surface area (Å²) in [7, 11) is 1.97. The van der Waals surface area contributed by atoms with Crippen LogP contribution in [0, 0.1) is 17.1 Å². The minimum absolute atomic E-state index is 0.0638. The zero-order valence-electron chi connectivity index (χ0n) is 20.9. The number of hydrogen-bond donors (Lipinski definition) is 2. The van der Waals surface area contributed by atoms with Crippen molar-refractivity contribution in [3.63, 3.8) is 0 Å². The Hall–Kier alpha value is -4.17. The fourth-order valence-electron chi connectivity index (χ4n) is 4.59. The number of H-pyrrole nitrogens is 1. The highest BCUT2D eigenvalue weighted by molar-refractivity contribution is 6.07. The van der Waals surface area contributed by atoms with Crippen LogP contribution in [0.4, 0.5) is 28.9 Å². The number of nitrogens with one attached hydrogen (secondary N) is 2. The summed E-state index contributed by atoms with van der Waals surface area (Å²) in [5.41, 5.74) is -2.04. The summed E-state index contributed by atoms with van der Waals surface area (Å²) in [6, 6.07) is 11.3. The number of nitriles is 1. The Morgan fingerprint density at radius 3 is 2.45 bits per heavy atom. The van der Waals surface area contributed by atoms with Crippen LogP contribution in [0.25, 0.3) is 11.1 Å². The van der Waals surface area contributed by atoms with Crippen LogP contribution in [-0.4, -0.2) is 48.0 Å². The molecule has 1 saturated heterocycles. The Balaban J connectivity index is 1.83. The quantitative estimate of drug-likeness (QED) is 0.474. The number of hydrogen-bond acceptors (Lipinski definition) is 5. The summed E-state index contributed by atoms with van der Waals surface area (Å²) >= 11 is 0. The molecule has 0 saturated carbocycles. The van der Waals surface area contributed by atoms with Gasteiger partial charge in [0.15, 0.2) is 0 Å². The molecule has 1 fully saturated rings. The first kappa shape index (κ1) is 26.9. The third kappa shape index (κ3) is 5.40. The van der Waals surface area contributed by atoms with Gasteiger partial charge in [0.05, 0.1) is 34.1 Å². The van der Waals surface area contributed by atoms with Gasteiger partial charge in [0.25, 0.3) is 5.91 Å². The topological polar surface area (TPSA) is 92.2 Å². The zero-order valence-corrected chi connectivity index (χ0v) is 20.9. The van der Waals surface area contributed by atoms with Crippen molar-refractivity contribution in [2.75, 3.05) is 30.4 Å². The predicted octanol–water partition coefficient (Wildman–Crippen LogP) is 4.85. The Kier molecular flexibility index (Phi) is 7.29. The van der Waals surface area contributed by atoms with Crippen molar-refractivity contribution in [2.45, 2.75) is 32.1 Å². The van der Waals surface area contributed by atoms with Gasteiger partial charge < -0.3 is 15.2 Å². The smallest absolute Gasteiger partial charge is 0.367 e. The molecule has 2 heterocycles. The number of rotatable bonds is 4. The molecule has 2 aromatic carbocycles. The molecule has 0 aliphatic carbocycles. The molecule has 4 rings (SSSR count). The van der Waals surface area contributed by atoms with E-state index in [1.54, 1.807) is 18.2 Å². The number of aromatic nitrogens is 1. The highest BCUT2D eigenvalue weighted by Gasteiger charge is 2.36. The Morgan fingerprint density at radius 1 is 1.13 bits per heavy atom. The van der Waals surface area contributed by atoms with Gasteiger partial charge in [-0.25, -0.2) is 4.39 Å². The van der Waals surface area contributed by atoms with Gasteiger partial charge in [-0.15, -0.1) is 0 Å². The highest BCUT2D eigenvalue weighted by atomic mass is 19.4. The maximum absolute atomic E-state index is 15.5. The summed E-state index contributed by atoms with van der Waals surface area (Å²) in [4.78, 5) is 30.8. The SMILES string of the molecule is CC1CN(c2cc(F)c(-c3cccc(C#N)c3)cc2NC(=O)c2c[nH]c(=O)cc2C(F)(F)F)CC(C)N1C. The number of piperazine rings is 1. The van der Waals surface area contributed by atoms with Crippen molar-refractivity contribution in [2.24, 2.45) is 0 Å². The number of alkyl halides is 3. The van der Waals surface area contributed by atoms with E-state index in [4.69, 9.17) is 0 Å². The first-order valence-corrected chi connectivity index (χ1v) is 11.8. The van der Waals surface area contributed by atoms with Gasteiger partial charge in [-0.3, -0.25) is 14.5 Å². The van der Waals surface area contributed by atoms with E-state index in [2.05, 4.69) is 15.2 Å². The van der Waals surface area contributed by atoms with Crippen LogP contribution >= 0.6 is 0 Å². The number of amides is 1. The molecule has 11 heteroatoms. The van der Waals surface area contributed by atoms with Crippen LogP contribution in [-0.2, 0) is 6.18 Å². The average Bonchev–Trinajstić information content (AvgIpc) is 2.87. The van der Waals surface area contributed by atoms with E-state index in [-0.39, 0.29) is 23.3 Å². The number of nitrogens with zero attached hydrogens (tertiary/aromatic N) is 3. The Morgan fingerprint density at radius 2 is 1.82 bits per heavy atom. The third-order valence-corrected chi connectivity index (χ3v) is 6.81. The van der Waals surface area contributed by atoms with E-state index in [0.717, 1.165) is 0 Å². The van der Waals surface area contributed by atoms with Crippen molar-refractivity contribution >= 4 is 17.3 Å². The van der Waals surface area contributed by atoms with E-state index < -0.39 is 34.6 Å². The second kappa shape index (κ2) is 10.3. The maximum Gasteiger partial charge on any atom is 0.417 e. The number of pyridine rings is 1. The summed E-state index contributed by atoms with van der Waals surface area (Å²) in [6.07, 6.45) is -4.24. The number of likely N-dealkylation sites (N-methyl/N-ethyl adjacent to an activating group) is 1. The highest BCUT2D eigenvalue weighted by Crippen LogP contribution is 2.37. The first-order valence-electron chi connectivity index (χ1n) is 11.8. The molecule has 0 radical (unpaired) electrons. The molecule has 1 amide bonds. The van der Waals surface area contributed by atoms with Gasteiger partial charge in [0.1, 0.15) is 5.82 Å². The van der Waals surface area contributed by atoms with Gasteiger partial charge in [-0.1, -0.05) is 12.1 Å². The van der Waals surface area contributed by atoms with E-state index >= 15 is 4.39 Å². The van der Waals surface area contributed by atoms with Crippen molar-refractivity contribution in [3.05, 3.63) is 81.5 Å². The van der Waals surface area contributed by atoms with Gasteiger partial charge >= 0.3 is 6.18 Å².